The van der Waals surface area contributed by atoms with Crippen molar-refractivity contribution in [3.05, 3.63) is 24.3 Å². The summed E-state index contributed by atoms with van der Waals surface area (Å²) in [7, 11) is 5.53. The van der Waals surface area contributed by atoms with Crippen LogP contribution >= 0.6 is 0 Å². The van der Waals surface area contributed by atoms with Crippen LogP contribution in [0.1, 0.15) is 232 Å². The summed E-state index contributed by atoms with van der Waals surface area (Å²) in [5, 5.41) is 9.63. The molecule has 0 fully saturated rings. The highest BCUT2D eigenvalue weighted by atomic mass is 16.6. The molecule has 346 valence electrons. The standard InChI is InChI=1S/C51H95NO7/c1-6-8-10-12-14-16-18-20-21-22-23-24-25-26-27-28-29-30-32-34-36-38-40-42-50(54)59-47(45-57-44-43-48(51(55)56)52(3,4)5)46-58-49(53)41-39-37-35-33-31-19-17-15-13-11-9-7-2/h23-24,26-27,47-48H,6-22,25,28-46H2,1-5H3/p+1/b24-23+,27-26+. The van der Waals surface area contributed by atoms with Crippen molar-refractivity contribution in [1.29, 1.82) is 0 Å². The maximum atomic E-state index is 12.8. The Morgan fingerprint density at radius 2 is 0.898 bits per heavy atom. The lowest BCUT2D eigenvalue weighted by Gasteiger charge is -2.31. The SMILES string of the molecule is CCCCCCCCCCC/C=C/C/C=C/CCCCCCCCCC(=O)OC(COCCC(C(=O)O)[N+](C)(C)C)COC(=O)CCCCCCCCCCCCCC. The van der Waals surface area contributed by atoms with Crippen LogP contribution in [0.15, 0.2) is 24.3 Å². The summed E-state index contributed by atoms with van der Waals surface area (Å²) in [6.45, 7) is 4.75. The number of esters is 2. The van der Waals surface area contributed by atoms with Gasteiger partial charge in [0.2, 0.25) is 0 Å². The molecule has 2 atom stereocenters. The zero-order valence-electron chi connectivity index (χ0n) is 39.5. The first kappa shape index (κ1) is 56.8. The minimum Gasteiger partial charge on any atom is -0.477 e. The number of aliphatic carboxylic acids is 1. The van der Waals surface area contributed by atoms with Gasteiger partial charge in [-0.1, -0.05) is 192 Å². The Morgan fingerprint density at radius 3 is 1.31 bits per heavy atom. The van der Waals surface area contributed by atoms with Crippen LogP contribution in [-0.2, 0) is 28.6 Å². The number of hydrogen-bond donors (Lipinski definition) is 1. The molecule has 0 heterocycles. The second-order valence-electron chi connectivity index (χ2n) is 18.1. The Balaban J connectivity index is 4.22. The molecular weight excluding hydrogens is 739 g/mol. The van der Waals surface area contributed by atoms with Crippen molar-refractivity contribution in [3.8, 4) is 0 Å². The van der Waals surface area contributed by atoms with E-state index in [2.05, 4.69) is 38.2 Å². The van der Waals surface area contributed by atoms with Crippen molar-refractivity contribution in [3.63, 3.8) is 0 Å². The average Bonchev–Trinajstić information content (AvgIpc) is 3.19. The van der Waals surface area contributed by atoms with Gasteiger partial charge in [0, 0.05) is 19.3 Å². The first-order chi connectivity index (χ1) is 28.6. The van der Waals surface area contributed by atoms with Gasteiger partial charge >= 0.3 is 17.9 Å². The first-order valence-electron chi connectivity index (χ1n) is 24.9. The van der Waals surface area contributed by atoms with Crippen LogP contribution in [0.5, 0.6) is 0 Å². The largest absolute Gasteiger partial charge is 0.477 e. The normalized spacial score (nSPS) is 13.0. The third-order valence-corrected chi connectivity index (χ3v) is 11.4. The van der Waals surface area contributed by atoms with Gasteiger partial charge in [-0.3, -0.25) is 9.59 Å². The highest BCUT2D eigenvalue weighted by Crippen LogP contribution is 2.15. The molecule has 0 amide bonds. The Kier molecular flexibility index (Phi) is 40.9. The number of carbonyl (C=O) groups is 3. The molecular formula is C51H96NO7+. The van der Waals surface area contributed by atoms with E-state index >= 15 is 0 Å². The summed E-state index contributed by atoms with van der Waals surface area (Å²) < 4.78 is 17.3. The highest BCUT2D eigenvalue weighted by Gasteiger charge is 2.31. The predicted molar refractivity (Wildman–Crippen MR) is 248 cm³/mol. The molecule has 0 aromatic heterocycles. The fourth-order valence-electron chi connectivity index (χ4n) is 7.48. The lowest BCUT2D eigenvalue weighted by atomic mass is 10.0. The van der Waals surface area contributed by atoms with Crippen LogP contribution in [0.3, 0.4) is 0 Å². The van der Waals surface area contributed by atoms with Crippen molar-refractivity contribution < 1.29 is 38.2 Å². The molecule has 0 aromatic rings. The van der Waals surface area contributed by atoms with Crippen molar-refractivity contribution in [2.45, 2.75) is 244 Å². The molecule has 2 unspecified atom stereocenters. The van der Waals surface area contributed by atoms with E-state index in [4.69, 9.17) is 14.2 Å². The predicted octanol–water partition coefficient (Wildman–Crippen LogP) is 14.0. The first-order valence-corrected chi connectivity index (χ1v) is 24.9. The van der Waals surface area contributed by atoms with Gasteiger partial charge in [-0.25, -0.2) is 4.79 Å². The third kappa shape index (κ3) is 41.0. The number of carbonyl (C=O) groups excluding carboxylic acids is 2. The molecule has 0 aliphatic carbocycles. The van der Waals surface area contributed by atoms with E-state index in [1.807, 2.05) is 21.1 Å². The van der Waals surface area contributed by atoms with Crippen LogP contribution in [0.2, 0.25) is 0 Å². The van der Waals surface area contributed by atoms with E-state index < -0.39 is 18.1 Å². The number of nitrogens with zero attached hydrogens (tertiary/aromatic N) is 1. The molecule has 0 bridgehead atoms. The van der Waals surface area contributed by atoms with E-state index in [-0.39, 0.29) is 36.2 Å². The summed E-state index contributed by atoms with van der Waals surface area (Å²) >= 11 is 0. The van der Waals surface area contributed by atoms with Gasteiger partial charge in [0.05, 0.1) is 34.4 Å². The molecule has 0 saturated heterocycles. The minimum atomic E-state index is -0.874. The van der Waals surface area contributed by atoms with Crippen LogP contribution in [0.25, 0.3) is 0 Å². The van der Waals surface area contributed by atoms with E-state index in [0.717, 1.165) is 51.4 Å². The topological polar surface area (TPSA) is 99.1 Å². The van der Waals surface area contributed by atoms with E-state index in [0.29, 0.717) is 19.3 Å². The fraction of sp³-hybridized carbons (Fsp3) is 0.863. The Morgan fingerprint density at radius 1 is 0.508 bits per heavy atom. The third-order valence-electron chi connectivity index (χ3n) is 11.4. The van der Waals surface area contributed by atoms with Crippen molar-refractivity contribution in [2.75, 3.05) is 41.0 Å². The number of carboxylic acids is 1. The summed E-state index contributed by atoms with van der Waals surface area (Å²) in [5.41, 5.74) is 0. The molecule has 59 heavy (non-hydrogen) atoms. The summed E-state index contributed by atoms with van der Waals surface area (Å²) in [6, 6.07) is -0.613. The lowest BCUT2D eigenvalue weighted by molar-refractivity contribution is -0.887. The molecule has 1 N–H and O–H groups in total. The minimum absolute atomic E-state index is 0.0498. The van der Waals surface area contributed by atoms with Crippen LogP contribution in [-0.4, -0.2) is 80.6 Å². The molecule has 0 saturated carbocycles. The second kappa shape index (κ2) is 42.5. The van der Waals surface area contributed by atoms with Crippen LogP contribution < -0.4 is 0 Å². The zero-order valence-corrected chi connectivity index (χ0v) is 39.5. The number of allylic oxidation sites excluding steroid dienone is 4. The molecule has 0 spiro atoms. The molecule has 0 radical (unpaired) electrons. The lowest BCUT2D eigenvalue weighted by Crippen LogP contribution is -2.50. The molecule has 8 nitrogen and oxygen atoms in total. The maximum absolute atomic E-state index is 12.8. The molecule has 8 heteroatoms. The molecule has 0 rings (SSSR count). The number of quaternary nitrogens is 1. The number of ether oxygens (including phenoxy) is 3. The van der Waals surface area contributed by atoms with Gasteiger partial charge in [0.1, 0.15) is 6.61 Å². The van der Waals surface area contributed by atoms with Crippen LogP contribution in [0.4, 0.5) is 0 Å². The van der Waals surface area contributed by atoms with Crippen LogP contribution in [0, 0.1) is 0 Å². The number of rotatable bonds is 45. The van der Waals surface area contributed by atoms with Gasteiger partial charge in [-0.05, 0) is 44.9 Å². The van der Waals surface area contributed by atoms with Gasteiger partial charge in [0.15, 0.2) is 12.1 Å². The van der Waals surface area contributed by atoms with Gasteiger partial charge in [-0.15, -0.1) is 0 Å². The van der Waals surface area contributed by atoms with E-state index in [9.17, 15) is 19.5 Å². The van der Waals surface area contributed by atoms with Crippen molar-refractivity contribution in [1.82, 2.24) is 0 Å². The summed E-state index contributed by atoms with van der Waals surface area (Å²) in [4.78, 5) is 37.0. The number of carboxylic acid groups (broad SMARTS) is 1. The molecule has 0 aliphatic rings. The van der Waals surface area contributed by atoms with Crippen molar-refractivity contribution >= 4 is 17.9 Å². The Labute approximate surface area is 364 Å². The number of hydrogen-bond acceptors (Lipinski definition) is 6. The number of unbranched alkanes of at least 4 members (excludes halogenated alkanes) is 27. The summed E-state index contributed by atoms with van der Waals surface area (Å²) in [6.07, 6.45) is 48.0. The maximum Gasteiger partial charge on any atom is 0.362 e. The Hall–Kier alpha value is -2.19. The van der Waals surface area contributed by atoms with E-state index in [1.165, 1.54) is 148 Å². The zero-order chi connectivity index (χ0) is 43.5. The van der Waals surface area contributed by atoms with Gasteiger partial charge in [0.25, 0.3) is 0 Å². The second-order valence-corrected chi connectivity index (χ2v) is 18.1. The smallest absolute Gasteiger partial charge is 0.362 e. The van der Waals surface area contributed by atoms with Gasteiger partial charge < -0.3 is 23.8 Å². The van der Waals surface area contributed by atoms with E-state index in [1.54, 1.807) is 0 Å². The quantitative estimate of drug-likeness (QED) is 0.0282. The fourth-order valence-corrected chi connectivity index (χ4v) is 7.48. The van der Waals surface area contributed by atoms with Gasteiger partial charge in [-0.2, -0.15) is 0 Å². The molecule has 0 aromatic carbocycles. The molecule has 0 aliphatic heterocycles. The average molecular weight is 835 g/mol. The van der Waals surface area contributed by atoms with Crippen molar-refractivity contribution in [2.24, 2.45) is 0 Å². The number of likely N-dealkylation sites (N-methyl/N-ethyl adjacent to an activating group) is 1. The highest BCUT2D eigenvalue weighted by molar-refractivity contribution is 5.72. The monoisotopic (exact) mass is 835 g/mol. The Bertz CT molecular complexity index is 1020. The summed E-state index contributed by atoms with van der Waals surface area (Å²) in [5.74, 6) is -1.46.